The molecule has 0 bridgehead atoms. The standard InChI is InChI=1S/C17H25N3S/c1-5-11-20(4)17-19-16(14-9-7-6-8-10-14)15(21-17)12-18-13(2)3/h6-10,13,18H,5,11-12H2,1-4H3. The molecule has 3 nitrogen and oxygen atoms in total. The van der Waals surface area contributed by atoms with E-state index in [1.165, 1.54) is 10.4 Å². The first-order chi connectivity index (χ1) is 10.1. The van der Waals surface area contributed by atoms with E-state index < -0.39 is 0 Å². The van der Waals surface area contributed by atoms with Crippen molar-refractivity contribution in [2.24, 2.45) is 0 Å². The van der Waals surface area contributed by atoms with Crippen LogP contribution in [0, 0.1) is 0 Å². The molecule has 0 radical (unpaired) electrons. The van der Waals surface area contributed by atoms with E-state index in [-0.39, 0.29) is 0 Å². The lowest BCUT2D eigenvalue weighted by Crippen LogP contribution is -2.21. The lowest BCUT2D eigenvalue weighted by atomic mass is 10.1. The van der Waals surface area contributed by atoms with Gasteiger partial charge in [0.05, 0.1) is 5.69 Å². The van der Waals surface area contributed by atoms with Gasteiger partial charge in [-0.05, 0) is 6.42 Å². The molecule has 0 aliphatic heterocycles. The van der Waals surface area contributed by atoms with Gasteiger partial charge < -0.3 is 10.2 Å². The number of hydrogen-bond acceptors (Lipinski definition) is 4. The van der Waals surface area contributed by atoms with Crippen LogP contribution in [0.2, 0.25) is 0 Å². The van der Waals surface area contributed by atoms with Gasteiger partial charge in [0.15, 0.2) is 5.13 Å². The average molecular weight is 303 g/mol. The van der Waals surface area contributed by atoms with Crippen LogP contribution in [-0.4, -0.2) is 24.6 Å². The summed E-state index contributed by atoms with van der Waals surface area (Å²) >= 11 is 1.80. The number of anilines is 1. The van der Waals surface area contributed by atoms with Gasteiger partial charge in [-0.15, -0.1) is 0 Å². The molecule has 4 heteroatoms. The summed E-state index contributed by atoms with van der Waals surface area (Å²) in [6, 6.07) is 10.9. The van der Waals surface area contributed by atoms with Gasteiger partial charge >= 0.3 is 0 Å². The molecule has 2 rings (SSSR count). The number of nitrogens with one attached hydrogen (secondary N) is 1. The second kappa shape index (κ2) is 7.57. The third-order valence-corrected chi connectivity index (χ3v) is 4.46. The van der Waals surface area contributed by atoms with Gasteiger partial charge in [0.25, 0.3) is 0 Å². The maximum absolute atomic E-state index is 4.88. The third-order valence-electron chi connectivity index (χ3n) is 3.29. The van der Waals surface area contributed by atoms with Crippen LogP contribution in [0.15, 0.2) is 30.3 Å². The summed E-state index contributed by atoms with van der Waals surface area (Å²) in [5.41, 5.74) is 2.32. The molecule has 1 heterocycles. The van der Waals surface area contributed by atoms with Crippen molar-refractivity contribution in [1.82, 2.24) is 10.3 Å². The van der Waals surface area contributed by atoms with Gasteiger partial charge in [-0.25, -0.2) is 4.98 Å². The van der Waals surface area contributed by atoms with Crippen LogP contribution in [0.5, 0.6) is 0 Å². The number of hydrogen-bond donors (Lipinski definition) is 1. The van der Waals surface area contributed by atoms with E-state index in [0.717, 1.165) is 30.3 Å². The van der Waals surface area contributed by atoms with Gasteiger partial charge in [0.2, 0.25) is 0 Å². The summed E-state index contributed by atoms with van der Waals surface area (Å²) in [6.07, 6.45) is 1.14. The summed E-state index contributed by atoms with van der Waals surface area (Å²) in [5, 5.41) is 4.62. The van der Waals surface area contributed by atoms with Crippen molar-refractivity contribution in [2.75, 3.05) is 18.5 Å². The molecule has 0 fully saturated rings. The molecule has 1 aromatic carbocycles. The quantitative estimate of drug-likeness (QED) is 0.832. The van der Waals surface area contributed by atoms with Crippen molar-refractivity contribution in [3.05, 3.63) is 35.2 Å². The summed E-state index contributed by atoms with van der Waals surface area (Å²) < 4.78 is 0. The van der Waals surface area contributed by atoms with Gasteiger partial charge in [0, 0.05) is 36.6 Å². The Morgan fingerprint density at radius 2 is 1.95 bits per heavy atom. The Morgan fingerprint density at radius 3 is 2.57 bits per heavy atom. The first-order valence-corrected chi connectivity index (χ1v) is 8.43. The monoisotopic (exact) mass is 303 g/mol. The summed E-state index contributed by atoms with van der Waals surface area (Å²) in [6.45, 7) is 8.46. The Hall–Kier alpha value is -1.39. The zero-order valence-corrected chi connectivity index (χ0v) is 14.2. The van der Waals surface area contributed by atoms with Crippen molar-refractivity contribution in [3.63, 3.8) is 0 Å². The molecule has 0 aliphatic carbocycles. The minimum atomic E-state index is 0.479. The minimum Gasteiger partial charge on any atom is -0.351 e. The van der Waals surface area contributed by atoms with Crippen molar-refractivity contribution in [1.29, 1.82) is 0 Å². The normalized spacial score (nSPS) is 11.1. The maximum atomic E-state index is 4.88. The van der Waals surface area contributed by atoms with E-state index in [2.05, 4.69) is 62.3 Å². The highest BCUT2D eigenvalue weighted by molar-refractivity contribution is 7.16. The zero-order chi connectivity index (χ0) is 15.2. The van der Waals surface area contributed by atoms with Crippen molar-refractivity contribution in [2.45, 2.75) is 39.8 Å². The van der Waals surface area contributed by atoms with E-state index in [1.54, 1.807) is 11.3 Å². The van der Waals surface area contributed by atoms with Crippen molar-refractivity contribution in [3.8, 4) is 11.3 Å². The Kier molecular flexibility index (Phi) is 5.76. The van der Waals surface area contributed by atoms with E-state index in [0.29, 0.717) is 6.04 Å². The Morgan fingerprint density at radius 1 is 1.24 bits per heavy atom. The SMILES string of the molecule is CCCN(C)c1nc(-c2ccccc2)c(CNC(C)C)s1. The van der Waals surface area contributed by atoms with Crippen LogP contribution in [0.25, 0.3) is 11.3 Å². The van der Waals surface area contributed by atoms with Gasteiger partial charge in [-0.2, -0.15) is 0 Å². The van der Waals surface area contributed by atoms with Crippen LogP contribution >= 0.6 is 11.3 Å². The van der Waals surface area contributed by atoms with E-state index in [9.17, 15) is 0 Å². The molecule has 0 aliphatic rings. The highest BCUT2D eigenvalue weighted by Gasteiger charge is 2.15. The largest absolute Gasteiger partial charge is 0.351 e. The Balaban J connectivity index is 2.31. The van der Waals surface area contributed by atoms with E-state index in [1.807, 2.05) is 6.07 Å². The molecule has 1 aromatic heterocycles. The van der Waals surface area contributed by atoms with E-state index in [4.69, 9.17) is 4.98 Å². The fourth-order valence-corrected chi connectivity index (χ4v) is 3.19. The number of thiazole rings is 1. The summed E-state index contributed by atoms with van der Waals surface area (Å²) in [7, 11) is 2.12. The molecular formula is C17H25N3S. The fourth-order valence-electron chi connectivity index (χ4n) is 2.17. The fraction of sp³-hybridized carbons (Fsp3) is 0.471. The van der Waals surface area contributed by atoms with E-state index >= 15 is 0 Å². The smallest absolute Gasteiger partial charge is 0.185 e. The second-order valence-electron chi connectivity index (χ2n) is 5.59. The van der Waals surface area contributed by atoms with Gasteiger partial charge in [-0.3, -0.25) is 0 Å². The molecule has 0 spiro atoms. The molecule has 21 heavy (non-hydrogen) atoms. The molecule has 2 aromatic rings. The average Bonchev–Trinajstić information content (AvgIpc) is 2.90. The van der Waals surface area contributed by atoms with Gasteiger partial charge in [0.1, 0.15) is 0 Å². The molecule has 0 unspecified atom stereocenters. The number of benzene rings is 1. The zero-order valence-electron chi connectivity index (χ0n) is 13.4. The summed E-state index contributed by atoms with van der Waals surface area (Å²) in [4.78, 5) is 8.44. The first kappa shape index (κ1) is 16.0. The van der Waals surface area contributed by atoms with Crippen LogP contribution in [0.3, 0.4) is 0 Å². The lowest BCUT2D eigenvalue weighted by Gasteiger charge is -2.13. The molecule has 114 valence electrons. The highest BCUT2D eigenvalue weighted by atomic mass is 32.1. The van der Waals surface area contributed by atoms with Gasteiger partial charge in [-0.1, -0.05) is 62.4 Å². The molecule has 1 N–H and O–H groups in total. The van der Waals surface area contributed by atoms with Crippen molar-refractivity contribution < 1.29 is 0 Å². The third kappa shape index (κ3) is 4.29. The Bertz CT molecular complexity index is 548. The highest BCUT2D eigenvalue weighted by Crippen LogP contribution is 2.32. The molecule has 0 atom stereocenters. The summed E-state index contributed by atoms with van der Waals surface area (Å²) in [5.74, 6) is 0. The van der Waals surface area contributed by atoms with Crippen LogP contribution in [0.4, 0.5) is 5.13 Å². The van der Waals surface area contributed by atoms with Crippen molar-refractivity contribution >= 4 is 16.5 Å². The lowest BCUT2D eigenvalue weighted by molar-refractivity contribution is 0.593. The molecule has 0 amide bonds. The number of rotatable bonds is 7. The van der Waals surface area contributed by atoms with Crippen LogP contribution in [-0.2, 0) is 6.54 Å². The predicted octanol–water partition coefficient (Wildman–Crippen LogP) is 4.15. The minimum absolute atomic E-state index is 0.479. The number of nitrogens with zero attached hydrogens (tertiary/aromatic N) is 2. The Labute approximate surface area is 132 Å². The van der Waals surface area contributed by atoms with Crippen LogP contribution < -0.4 is 10.2 Å². The predicted molar refractivity (Wildman–Crippen MR) is 93.1 cm³/mol. The second-order valence-corrected chi connectivity index (χ2v) is 6.65. The molecule has 0 saturated carbocycles. The topological polar surface area (TPSA) is 28.2 Å². The number of aromatic nitrogens is 1. The molecular weight excluding hydrogens is 278 g/mol. The maximum Gasteiger partial charge on any atom is 0.185 e. The molecule has 0 saturated heterocycles. The first-order valence-electron chi connectivity index (χ1n) is 7.61. The van der Waals surface area contributed by atoms with Crippen LogP contribution in [0.1, 0.15) is 32.1 Å².